The van der Waals surface area contributed by atoms with Crippen molar-refractivity contribution in [1.29, 1.82) is 0 Å². The molecule has 0 unspecified atom stereocenters. The molecule has 1 fully saturated rings. The minimum absolute atomic E-state index is 0.0692. The molecule has 2 N–H and O–H groups in total. The third kappa shape index (κ3) is 4.46. The summed E-state index contributed by atoms with van der Waals surface area (Å²) < 4.78 is 13.3. The van der Waals surface area contributed by atoms with Crippen LogP contribution in [0.1, 0.15) is 52.5 Å². The van der Waals surface area contributed by atoms with Crippen LogP contribution in [0.4, 0.5) is 9.18 Å². The second kappa shape index (κ2) is 8.50. The summed E-state index contributed by atoms with van der Waals surface area (Å²) in [5.74, 6) is -1.04. The Morgan fingerprint density at radius 1 is 1.22 bits per heavy atom. The average Bonchev–Trinajstić information content (AvgIpc) is 2.85. The SMILES string of the molecule is CCCC[C@@]1(c2ccc(F)cc2)NC(=O)N(CC(=O)N[C@@H](C)C(C)C)C1=O. The molecule has 6 nitrogen and oxygen atoms in total. The van der Waals surface area contributed by atoms with Gasteiger partial charge in [-0.25, -0.2) is 9.18 Å². The molecular formula is C20H28FN3O3. The molecule has 1 aromatic carbocycles. The van der Waals surface area contributed by atoms with Crippen molar-refractivity contribution in [2.45, 2.75) is 58.5 Å². The molecule has 7 heteroatoms. The van der Waals surface area contributed by atoms with Gasteiger partial charge in [0.25, 0.3) is 5.91 Å². The van der Waals surface area contributed by atoms with E-state index in [1.54, 1.807) is 0 Å². The quantitative estimate of drug-likeness (QED) is 0.684. The fourth-order valence-electron chi connectivity index (χ4n) is 3.07. The van der Waals surface area contributed by atoms with Gasteiger partial charge in [-0.3, -0.25) is 14.5 Å². The van der Waals surface area contributed by atoms with Crippen LogP contribution >= 0.6 is 0 Å². The maximum absolute atomic E-state index is 13.3. The number of amides is 4. The molecule has 1 aliphatic rings. The Kier molecular flexibility index (Phi) is 6.57. The van der Waals surface area contributed by atoms with E-state index in [1.807, 2.05) is 27.7 Å². The number of urea groups is 1. The number of carbonyl (C=O) groups excluding carboxylic acids is 3. The van der Waals surface area contributed by atoms with Gasteiger partial charge in [-0.05, 0) is 37.0 Å². The highest BCUT2D eigenvalue weighted by atomic mass is 19.1. The fraction of sp³-hybridized carbons (Fsp3) is 0.550. The lowest BCUT2D eigenvalue weighted by atomic mass is 9.85. The van der Waals surface area contributed by atoms with Crippen LogP contribution in [0.3, 0.4) is 0 Å². The van der Waals surface area contributed by atoms with E-state index in [2.05, 4.69) is 10.6 Å². The number of imide groups is 1. The Hall–Kier alpha value is -2.44. The van der Waals surface area contributed by atoms with Gasteiger partial charge < -0.3 is 10.6 Å². The summed E-state index contributed by atoms with van der Waals surface area (Å²) in [5.41, 5.74) is -0.737. The highest BCUT2D eigenvalue weighted by Crippen LogP contribution is 2.34. The van der Waals surface area contributed by atoms with E-state index in [1.165, 1.54) is 24.3 Å². The van der Waals surface area contributed by atoms with E-state index in [0.717, 1.165) is 11.3 Å². The number of unbranched alkanes of at least 4 members (excludes halogenated alkanes) is 1. The van der Waals surface area contributed by atoms with Gasteiger partial charge in [0.1, 0.15) is 17.9 Å². The van der Waals surface area contributed by atoms with Crippen molar-refractivity contribution in [2.75, 3.05) is 6.54 Å². The van der Waals surface area contributed by atoms with E-state index in [-0.39, 0.29) is 24.4 Å². The molecule has 0 aliphatic carbocycles. The summed E-state index contributed by atoms with van der Waals surface area (Å²) >= 11 is 0. The molecule has 1 aromatic rings. The molecular weight excluding hydrogens is 349 g/mol. The number of rotatable bonds is 8. The zero-order chi connectivity index (χ0) is 20.2. The zero-order valence-corrected chi connectivity index (χ0v) is 16.3. The first-order chi connectivity index (χ1) is 12.7. The van der Waals surface area contributed by atoms with Gasteiger partial charge in [0.15, 0.2) is 0 Å². The van der Waals surface area contributed by atoms with Crippen LogP contribution in [0.5, 0.6) is 0 Å². The molecule has 0 bridgehead atoms. The number of nitrogens with one attached hydrogen (secondary N) is 2. The van der Waals surface area contributed by atoms with Crippen LogP contribution in [0, 0.1) is 11.7 Å². The normalized spacial score (nSPS) is 20.7. The molecule has 2 atom stereocenters. The van der Waals surface area contributed by atoms with E-state index in [0.29, 0.717) is 18.4 Å². The highest BCUT2D eigenvalue weighted by Gasteiger charge is 2.52. The van der Waals surface area contributed by atoms with E-state index >= 15 is 0 Å². The Balaban J connectivity index is 2.25. The molecule has 4 amide bonds. The lowest BCUT2D eigenvalue weighted by molar-refractivity contribution is -0.135. The van der Waals surface area contributed by atoms with E-state index in [9.17, 15) is 18.8 Å². The van der Waals surface area contributed by atoms with Gasteiger partial charge >= 0.3 is 6.03 Å². The number of carbonyl (C=O) groups is 3. The minimum Gasteiger partial charge on any atom is -0.352 e. The zero-order valence-electron chi connectivity index (χ0n) is 16.3. The molecule has 27 heavy (non-hydrogen) atoms. The summed E-state index contributed by atoms with van der Waals surface area (Å²) in [4.78, 5) is 38.9. The van der Waals surface area contributed by atoms with Crippen LogP contribution in [0.15, 0.2) is 24.3 Å². The molecule has 1 aliphatic heterocycles. The smallest absolute Gasteiger partial charge is 0.325 e. The number of nitrogens with zero attached hydrogens (tertiary/aromatic N) is 1. The number of hydrogen-bond donors (Lipinski definition) is 2. The third-order valence-electron chi connectivity index (χ3n) is 5.11. The second-order valence-corrected chi connectivity index (χ2v) is 7.44. The molecule has 148 valence electrons. The number of hydrogen-bond acceptors (Lipinski definition) is 3. The van der Waals surface area contributed by atoms with Crippen molar-refractivity contribution in [3.8, 4) is 0 Å². The van der Waals surface area contributed by atoms with Gasteiger partial charge in [-0.2, -0.15) is 0 Å². The molecule has 0 radical (unpaired) electrons. The summed E-state index contributed by atoms with van der Waals surface area (Å²) in [7, 11) is 0. The Bertz CT molecular complexity index is 705. The first-order valence-electron chi connectivity index (χ1n) is 9.40. The average molecular weight is 377 g/mol. The molecule has 0 saturated carbocycles. The van der Waals surface area contributed by atoms with Crippen LogP contribution in [-0.2, 0) is 15.1 Å². The van der Waals surface area contributed by atoms with Crippen molar-refractivity contribution < 1.29 is 18.8 Å². The van der Waals surface area contributed by atoms with Crippen LogP contribution in [0.2, 0.25) is 0 Å². The van der Waals surface area contributed by atoms with Crippen LogP contribution in [0.25, 0.3) is 0 Å². The minimum atomic E-state index is -1.26. The van der Waals surface area contributed by atoms with E-state index < -0.39 is 23.3 Å². The van der Waals surface area contributed by atoms with Crippen molar-refractivity contribution in [3.05, 3.63) is 35.6 Å². The molecule has 0 spiro atoms. The van der Waals surface area contributed by atoms with Crippen LogP contribution < -0.4 is 10.6 Å². The maximum atomic E-state index is 13.3. The predicted octanol–water partition coefficient (Wildman–Crippen LogP) is 2.92. The maximum Gasteiger partial charge on any atom is 0.325 e. The Morgan fingerprint density at radius 3 is 2.41 bits per heavy atom. The van der Waals surface area contributed by atoms with Crippen molar-refractivity contribution in [2.24, 2.45) is 5.92 Å². The van der Waals surface area contributed by atoms with Crippen LogP contribution in [-0.4, -0.2) is 35.3 Å². The lowest BCUT2D eigenvalue weighted by Gasteiger charge is -2.27. The topological polar surface area (TPSA) is 78.5 Å². The summed E-state index contributed by atoms with van der Waals surface area (Å²) in [6.07, 6.45) is 1.92. The largest absolute Gasteiger partial charge is 0.352 e. The van der Waals surface area contributed by atoms with Crippen molar-refractivity contribution in [1.82, 2.24) is 15.5 Å². The first kappa shape index (κ1) is 20.9. The predicted molar refractivity (Wildman–Crippen MR) is 100 cm³/mol. The van der Waals surface area contributed by atoms with Crippen molar-refractivity contribution in [3.63, 3.8) is 0 Å². The second-order valence-electron chi connectivity index (χ2n) is 7.44. The van der Waals surface area contributed by atoms with E-state index in [4.69, 9.17) is 0 Å². The number of halogens is 1. The van der Waals surface area contributed by atoms with Gasteiger partial charge in [0.2, 0.25) is 5.91 Å². The lowest BCUT2D eigenvalue weighted by Crippen LogP contribution is -2.46. The Morgan fingerprint density at radius 2 is 1.85 bits per heavy atom. The fourth-order valence-corrected chi connectivity index (χ4v) is 3.07. The van der Waals surface area contributed by atoms with Gasteiger partial charge in [0, 0.05) is 6.04 Å². The summed E-state index contributed by atoms with van der Waals surface area (Å²) in [6, 6.07) is 4.87. The van der Waals surface area contributed by atoms with Gasteiger partial charge in [-0.15, -0.1) is 0 Å². The summed E-state index contributed by atoms with van der Waals surface area (Å²) in [6.45, 7) is 7.47. The molecule has 1 heterocycles. The van der Waals surface area contributed by atoms with Gasteiger partial charge in [0.05, 0.1) is 0 Å². The Labute approximate surface area is 159 Å². The summed E-state index contributed by atoms with van der Waals surface area (Å²) in [5, 5.41) is 5.56. The highest BCUT2D eigenvalue weighted by molar-refractivity contribution is 6.09. The molecule has 2 rings (SSSR count). The standard InChI is InChI=1S/C20H28FN3O3/c1-5-6-11-20(15-7-9-16(21)10-8-15)18(26)24(19(27)23-20)12-17(25)22-14(4)13(2)3/h7-10,13-14H,5-6,11-12H2,1-4H3,(H,22,25)(H,23,27)/t14-,20-/m0/s1. The monoisotopic (exact) mass is 377 g/mol. The third-order valence-corrected chi connectivity index (χ3v) is 5.11. The molecule has 1 saturated heterocycles. The first-order valence-corrected chi connectivity index (χ1v) is 9.40. The molecule has 0 aromatic heterocycles. The van der Waals surface area contributed by atoms with Gasteiger partial charge in [-0.1, -0.05) is 45.7 Å². The number of benzene rings is 1. The van der Waals surface area contributed by atoms with Crippen molar-refractivity contribution >= 4 is 17.8 Å².